The van der Waals surface area contributed by atoms with Gasteiger partial charge in [0.15, 0.2) is 0 Å². The Bertz CT molecular complexity index is 316. The highest BCUT2D eigenvalue weighted by atomic mass is 79.9. The second kappa shape index (κ2) is 4.45. The minimum absolute atomic E-state index is 0.579. The molecule has 2 heteroatoms. The summed E-state index contributed by atoms with van der Waals surface area (Å²) in [4.78, 5) is 0. The molecule has 0 spiro atoms. The summed E-state index contributed by atoms with van der Waals surface area (Å²) in [6.45, 7) is 3.32. The third-order valence-corrected chi connectivity index (χ3v) is 3.78. The Kier molecular flexibility index (Phi) is 3.24. The molecule has 0 bridgehead atoms. The minimum atomic E-state index is 0.579. The van der Waals surface area contributed by atoms with Gasteiger partial charge in [-0.25, -0.2) is 0 Å². The van der Waals surface area contributed by atoms with Crippen LogP contribution in [0.4, 0.5) is 0 Å². The van der Waals surface area contributed by atoms with Gasteiger partial charge in [-0.2, -0.15) is 0 Å². The number of halogens is 1. The molecule has 0 amide bonds. The van der Waals surface area contributed by atoms with Gasteiger partial charge in [-0.15, -0.1) is 0 Å². The summed E-state index contributed by atoms with van der Waals surface area (Å²) in [5.74, 6) is 0. The molecule has 0 saturated carbocycles. The third-order valence-electron chi connectivity index (χ3n) is 2.89. The Morgan fingerprint density at radius 1 is 1.36 bits per heavy atom. The third kappa shape index (κ3) is 2.18. The second-order valence-electron chi connectivity index (χ2n) is 4.01. The highest BCUT2D eigenvalue weighted by molar-refractivity contribution is 9.10. The SMILES string of the molecule is Cc1cc([C@H]2CCCCN2)ccc1Br. The first-order valence-electron chi connectivity index (χ1n) is 5.27. The lowest BCUT2D eigenvalue weighted by molar-refractivity contribution is 0.412. The first-order chi connectivity index (χ1) is 6.77. The first kappa shape index (κ1) is 10.2. The maximum absolute atomic E-state index is 3.57. The van der Waals surface area contributed by atoms with E-state index in [1.807, 2.05) is 0 Å². The van der Waals surface area contributed by atoms with Crippen LogP contribution in [0.15, 0.2) is 22.7 Å². The van der Waals surface area contributed by atoms with Gasteiger partial charge in [0.2, 0.25) is 0 Å². The van der Waals surface area contributed by atoms with Crippen LogP contribution in [-0.4, -0.2) is 6.54 Å². The summed E-state index contributed by atoms with van der Waals surface area (Å²) in [5.41, 5.74) is 2.76. The summed E-state index contributed by atoms with van der Waals surface area (Å²) in [6.07, 6.45) is 3.96. The minimum Gasteiger partial charge on any atom is -0.310 e. The number of nitrogens with one attached hydrogen (secondary N) is 1. The number of piperidine rings is 1. The lowest BCUT2D eigenvalue weighted by atomic mass is 9.96. The molecule has 0 aromatic heterocycles. The molecule has 0 radical (unpaired) electrons. The second-order valence-corrected chi connectivity index (χ2v) is 4.87. The van der Waals surface area contributed by atoms with Gasteiger partial charge in [0.05, 0.1) is 0 Å². The summed E-state index contributed by atoms with van der Waals surface area (Å²) < 4.78 is 1.21. The molecule has 1 heterocycles. The van der Waals surface area contributed by atoms with E-state index in [2.05, 4.69) is 46.4 Å². The van der Waals surface area contributed by atoms with E-state index in [0.29, 0.717) is 6.04 Å². The van der Waals surface area contributed by atoms with Gasteiger partial charge in [-0.05, 0) is 43.5 Å². The van der Waals surface area contributed by atoms with Crippen LogP contribution in [0, 0.1) is 6.92 Å². The average Bonchev–Trinajstić information content (AvgIpc) is 2.23. The zero-order valence-corrected chi connectivity index (χ0v) is 10.1. The molecule has 1 N–H and O–H groups in total. The van der Waals surface area contributed by atoms with E-state index in [1.54, 1.807) is 0 Å². The molecule has 1 saturated heterocycles. The molecule has 0 aliphatic carbocycles. The zero-order chi connectivity index (χ0) is 9.97. The van der Waals surface area contributed by atoms with Crippen LogP contribution in [0.25, 0.3) is 0 Å². The van der Waals surface area contributed by atoms with E-state index in [-0.39, 0.29) is 0 Å². The van der Waals surface area contributed by atoms with Crippen LogP contribution < -0.4 is 5.32 Å². The van der Waals surface area contributed by atoms with Crippen molar-refractivity contribution >= 4 is 15.9 Å². The Labute approximate surface area is 94.0 Å². The Morgan fingerprint density at radius 2 is 2.21 bits per heavy atom. The summed E-state index contributed by atoms with van der Waals surface area (Å²) in [6, 6.07) is 7.24. The van der Waals surface area contributed by atoms with Crippen LogP contribution in [0.2, 0.25) is 0 Å². The summed E-state index contributed by atoms with van der Waals surface area (Å²) >= 11 is 3.53. The predicted molar refractivity (Wildman–Crippen MR) is 63.5 cm³/mol. The molecule has 0 unspecified atom stereocenters. The van der Waals surface area contributed by atoms with Crippen molar-refractivity contribution in [1.29, 1.82) is 0 Å². The fourth-order valence-corrected chi connectivity index (χ4v) is 2.27. The van der Waals surface area contributed by atoms with Crippen molar-refractivity contribution in [3.63, 3.8) is 0 Å². The fraction of sp³-hybridized carbons (Fsp3) is 0.500. The number of rotatable bonds is 1. The van der Waals surface area contributed by atoms with E-state index >= 15 is 0 Å². The van der Waals surface area contributed by atoms with Gasteiger partial charge in [0.25, 0.3) is 0 Å². The van der Waals surface area contributed by atoms with Crippen molar-refractivity contribution in [1.82, 2.24) is 5.32 Å². The monoisotopic (exact) mass is 253 g/mol. The molecule has 1 atom stereocenters. The maximum atomic E-state index is 3.57. The lowest BCUT2D eigenvalue weighted by Crippen LogP contribution is -2.26. The molecule has 76 valence electrons. The number of hydrogen-bond acceptors (Lipinski definition) is 1. The van der Waals surface area contributed by atoms with Crippen LogP contribution in [-0.2, 0) is 0 Å². The molecular formula is C12H16BrN. The largest absolute Gasteiger partial charge is 0.310 e. The van der Waals surface area contributed by atoms with E-state index < -0.39 is 0 Å². The van der Waals surface area contributed by atoms with Gasteiger partial charge in [0, 0.05) is 10.5 Å². The smallest absolute Gasteiger partial charge is 0.0320 e. The van der Waals surface area contributed by atoms with Crippen molar-refractivity contribution in [3.8, 4) is 0 Å². The molecule has 1 aliphatic rings. The predicted octanol–water partition coefficient (Wildman–Crippen LogP) is 3.57. The number of benzene rings is 1. The highest BCUT2D eigenvalue weighted by Crippen LogP contribution is 2.26. The molecule has 1 aromatic carbocycles. The van der Waals surface area contributed by atoms with E-state index in [9.17, 15) is 0 Å². The molecule has 14 heavy (non-hydrogen) atoms. The molecule has 1 nitrogen and oxygen atoms in total. The van der Waals surface area contributed by atoms with Crippen molar-refractivity contribution in [2.24, 2.45) is 0 Å². The molecule has 2 rings (SSSR count). The van der Waals surface area contributed by atoms with Crippen LogP contribution in [0.5, 0.6) is 0 Å². The normalized spacial score (nSPS) is 22.3. The van der Waals surface area contributed by atoms with Crippen LogP contribution in [0.3, 0.4) is 0 Å². The number of hydrogen-bond donors (Lipinski definition) is 1. The molecular weight excluding hydrogens is 238 g/mol. The quantitative estimate of drug-likeness (QED) is 0.807. The zero-order valence-electron chi connectivity index (χ0n) is 8.52. The maximum Gasteiger partial charge on any atom is 0.0320 e. The van der Waals surface area contributed by atoms with Gasteiger partial charge < -0.3 is 5.32 Å². The molecule has 1 fully saturated rings. The van der Waals surface area contributed by atoms with Gasteiger partial charge in [-0.1, -0.05) is 34.5 Å². The Morgan fingerprint density at radius 3 is 2.86 bits per heavy atom. The van der Waals surface area contributed by atoms with Crippen molar-refractivity contribution in [3.05, 3.63) is 33.8 Å². The van der Waals surface area contributed by atoms with Crippen LogP contribution in [0.1, 0.15) is 36.4 Å². The standard InChI is InChI=1S/C12H16BrN/c1-9-8-10(5-6-11(9)13)12-4-2-3-7-14-12/h5-6,8,12,14H,2-4,7H2,1H3/t12-/m1/s1. The lowest BCUT2D eigenvalue weighted by Gasteiger charge is -2.24. The van der Waals surface area contributed by atoms with Crippen molar-refractivity contribution in [2.75, 3.05) is 6.54 Å². The summed E-state index contributed by atoms with van der Waals surface area (Å²) in [5, 5.41) is 3.57. The van der Waals surface area contributed by atoms with Crippen molar-refractivity contribution in [2.45, 2.75) is 32.2 Å². The van der Waals surface area contributed by atoms with Gasteiger partial charge in [-0.3, -0.25) is 0 Å². The Balaban J connectivity index is 2.18. The topological polar surface area (TPSA) is 12.0 Å². The first-order valence-corrected chi connectivity index (χ1v) is 6.06. The summed E-state index contributed by atoms with van der Waals surface area (Å²) in [7, 11) is 0. The average molecular weight is 254 g/mol. The van der Waals surface area contributed by atoms with E-state index in [0.717, 1.165) is 0 Å². The van der Waals surface area contributed by atoms with Crippen molar-refractivity contribution < 1.29 is 0 Å². The van der Waals surface area contributed by atoms with Gasteiger partial charge >= 0.3 is 0 Å². The molecule has 1 aromatic rings. The van der Waals surface area contributed by atoms with Crippen LogP contribution >= 0.6 is 15.9 Å². The molecule has 1 aliphatic heterocycles. The van der Waals surface area contributed by atoms with E-state index in [1.165, 1.54) is 41.4 Å². The van der Waals surface area contributed by atoms with E-state index in [4.69, 9.17) is 0 Å². The number of aryl methyl sites for hydroxylation is 1. The Hall–Kier alpha value is -0.340. The fourth-order valence-electron chi connectivity index (χ4n) is 2.02. The van der Waals surface area contributed by atoms with Gasteiger partial charge in [0.1, 0.15) is 0 Å². The highest BCUT2D eigenvalue weighted by Gasteiger charge is 2.14.